The third kappa shape index (κ3) is 6.04. The highest BCUT2D eigenvalue weighted by atomic mass is 16.2. The first-order valence-electron chi connectivity index (χ1n) is 8.47. The number of rotatable bonds is 7. The summed E-state index contributed by atoms with van der Waals surface area (Å²) in [5.41, 5.74) is 2.10. The van der Waals surface area contributed by atoms with E-state index in [-0.39, 0.29) is 11.9 Å². The molecule has 25 heavy (non-hydrogen) atoms. The lowest BCUT2D eigenvalue weighted by Gasteiger charge is -2.23. The van der Waals surface area contributed by atoms with Gasteiger partial charge in [-0.15, -0.1) is 0 Å². The van der Waals surface area contributed by atoms with E-state index in [1.165, 1.54) is 12.6 Å². The number of nitrogens with one attached hydrogen (secondary N) is 3. The third-order valence-corrected chi connectivity index (χ3v) is 4.02. The van der Waals surface area contributed by atoms with Crippen molar-refractivity contribution in [1.82, 2.24) is 16.0 Å². The monoisotopic (exact) mass is 339 g/mol. The molecular weight excluding hydrogens is 314 g/mol. The second kappa shape index (κ2) is 9.59. The van der Waals surface area contributed by atoms with E-state index >= 15 is 0 Å². The van der Waals surface area contributed by atoms with Gasteiger partial charge in [0.05, 0.1) is 0 Å². The van der Waals surface area contributed by atoms with Gasteiger partial charge in [-0.2, -0.15) is 0 Å². The van der Waals surface area contributed by atoms with Gasteiger partial charge in [-0.25, -0.2) is 4.79 Å². The fourth-order valence-electron chi connectivity index (χ4n) is 2.61. The van der Waals surface area contributed by atoms with Crippen molar-refractivity contribution in [2.45, 2.75) is 31.8 Å². The van der Waals surface area contributed by atoms with Crippen molar-refractivity contribution in [3.8, 4) is 0 Å². The largest absolute Gasteiger partial charge is 0.341 e. The van der Waals surface area contributed by atoms with E-state index < -0.39 is 12.1 Å². The molecule has 0 spiro atoms. The molecule has 0 saturated carbocycles. The average molecular weight is 339 g/mol. The molecule has 3 N–H and O–H groups in total. The van der Waals surface area contributed by atoms with Crippen LogP contribution in [0.25, 0.3) is 0 Å². The Balaban J connectivity index is 2.02. The second-order valence-corrected chi connectivity index (χ2v) is 6.00. The molecule has 0 bridgehead atoms. The number of benzene rings is 2. The maximum absolute atomic E-state index is 12.5. The van der Waals surface area contributed by atoms with Crippen molar-refractivity contribution in [1.29, 1.82) is 0 Å². The zero-order valence-corrected chi connectivity index (χ0v) is 14.7. The fourth-order valence-corrected chi connectivity index (χ4v) is 2.61. The van der Waals surface area contributed by atoms with Gasteiger partial charge in [0.25, 0.3) is 0 Å². The van der Waals surface area contributed by atoms with Gasteiger partial charge in [-0.1, -0.05) is 60.7 Å². The van der Waals surface area contributed by atoms with E-state index in [2.05, 4.69) is 28.1 Å². The highest BCUT2D eigenvalue weighted by molar-refractivity contribution is 5.97. The number of imide groups is 1. The fraction of sp³-hybridized carbons (Fsp3) is 0.300. The number of aryl methyl sites for hydroxylation is 1. The molecule has 2 atom stereocenters. The number of carbonyl (C=O) groups excluding carboxylic acids is 2. The Morgan fingerprint density at radius 2 is 1.56 bits per heavy atom. The van der Waals surface area contributed by atoms with E-state index in [4.69, 9.17) is 0 Å². The van der Waals surface area contributed by atoms with Gasteiger partial charge in [0, 0.05) is 13.1 Å². The molecule has 0 saturated heterocycles. The molecule has 0 heterocycles. The van der Waals surface area contributed by atoms with Crippen LogP contribution < -0.4 is 16.0 Å². The van der Waals surface area contributed by atoms with Crippen molar-refractivity contribution < 1.29 is 9.59 Å². The van der Waals surface area contributed by atoms with E-state index in [1.54, 1.807) is 0 Å². The summed E-state index contributed by atoms with van der Waals surface area (Å²) in [6.07, 6.45) is 1.81. The summed E-state index contributed by atoms with van der Waals surface area (Å²) in [7, 11) is 1.48. The topological polar surface area (TPSA) is 70.2 Å². The van der Waals surface area contributed by atoms with Crippen LogP contribution in [-0.2, 0) is 11.2 Å². The summed E-state index contributed by atoms with van der Waals surface area (Å²) in [6, 6.07) is 18.7. The summed E-state index contributed by atoms with van der Waals surface area (Å²) >= 11 is 0. The van der Waals surface area contributed by atoms with Crippen LogP contribution in [0.1, 0.15) is 30.5 Å². The summed E-state index contributed by atoms with van der Waals surface area (Å²) in [5, 5.41) is 8.10. The van der Waals surface area contributed by atoms with Crippen LogP contribution in [0.2, 0.25) is 0 Å². The summed E-state index contributed by atoms with van der Waals surface area (Å²) in [5.74, 6) is -0.364. The Morgan fingerprint density at radius 1 is 0.960 bits per heavy atom. The molecule has 3 amide bonds. The van der Waals surface area contributed by atoms with Crippen LogP contribution in [0.4, 0.5) is 4.79 Å². The Morgan fingerprint density at radius 3 is 2.16 bits per heavy atom. The normalized spacial score (nSPS) is 12.9. The summed E-state index contributed by atoms with van der Waals surface area (Å²) in [4.78, 5) is 24.0. The highest BCUT2D eigenvalue weighted by Crippen LogP contribution is 2.15. The summed E-state index contributed by atoms with van der Waals surface area (Å²) in [6.45, 7) is 2.05. The minimum absolute atomic E-state index is 0.112. The molecule has 2 aromatic rings. The van der Waals surface area contributed by atoms with Crippen molar-refractivity contribution in [3.05, 3.63) is 71.8 Å². The molecule has 132 valence electrons. The predicted molar refractivity (Wildman–Crippen MR) is 99.1 cm³/mol. The first kappa shape index (κ1) is 18.7. The van der Waals surface area contributed by atoms with Crippen LogP contribution in [-0.4, -0.2) is 25.0 Å². The van der Waals surface area contributed by atoms with Crippen LogP contribution in [0, 0.1) is 0 Å². The number of carbonyl (C=O) groups is 2. The zero-order valence-electron chi connectivity index (χ0n) is 14.7. The Kier molecular flexibility index (Phi) is 7.16. The number of urea groups is 1. The minimum atomic E-state index is -0.579. The molecule has 2 rings (SSSR count). The maximum atomic E-state index is 12.5. The van der Waals surface area contributed by atoms with E-state index in [0.717, 1.165) is 18.4 Å². The number of hydrogen-bond donors (Lipinski definition) is 3. The molecule has 0 aliphatic carbocycles. The lowest BCUT2D eigenvalue weighted by molar-refractivity contribution is -0.122. The van der Waals surface area contributed by atoms with Gasteiger partial charge in [0.1, 0.15) is 6.04 Å². The smallest absolute Gasteiger partial charge is 0.321 e. The molecule has 0 fully saturated rings. The van der Waals surface area contributed by atoms with Crippen LogP contribution in [0.5, 0.6) is 0 Å². The quantitative estimate of drug-likeness (QED) is 0.726. The zero-order chi connectivity index (χ0) is 18.1. The number of amides is 3. The van der Waals surface area contributed by atoms with Crippen LogP contribution in [0.15, 0.2) is 60.7 Å². The third-order valence-electron chi connectivity index (χ3n) is 4.02. The van der Waals surface area contributed by atoms with Gasteiger partial charge in [0.15, 0.2) is 0 Å². The minimum Gasteiger partial charge on any atom is -0.341 e. The maximum Gasteiger partial charge on any atom is 0.321 e. The molecule has 0 aliphatic rings. The molecule has 0 radical (unpaired) electrons. The van der Waals surface area contributed by atoms with Crippen molar-refractivity contribution >= 4 is 11.9 Å². The predicted octanol–water partition coefficient (Wildman–Crippen LogP) is 2.79. The van der Waals surface area contributed by atoms with Crippen LogP contribution in [0.3, 0.4) is 0 Å². The van der Waals surface area contributed by atoms with E-state index in [1.807, 2.05) is 55.5 Å². The Labute approximate surface area is 148 Å². The van der Waals surface area contributed by atoms with Crippen molar-refractivity contribution in [2.24, 2.45) is 0 Å². The van der Waals surface area contributed by atoms with Crippen molar-refractivity contribution in [2.75, 3.05) is 7.05 Å². The molecular formula is C20H25N3O2. The molecule has 0 aromatic heterocycles. The Hall–Kier alpha value is -2.66. The first-order chi connectivity index (χ1) is 12.1. The highest BCUT2D eigenvalue weighted by Gasteiger charge is 2.23. The molecule has 2 aromatic carbocycles. The average Bonchev–Trinajstić information content (AvgIpc) is 2.65. The number of hydrogen-bond acceptors (Lipinski definition) is 3. The first-order valence-corrected chi connectivity index (χ1v) is 8.47. The van der Waals surface area contributed by atoms with E-state index in [0.29, 0.717) is 0 Å². The molecule has 5 nitrogen and oxygen atoms in total. The van der Waals surface area contributed by atoms with Gasteiger partial charge in [-0.3, -0.25) is 15.4 Å². The van der Waals surface area contributed by atoms with Gasteiger partial charge < -0.3 is 5.32 Å². The van der Waals surface area contributed by atoms with Gasteiger partial charge in [-0.05, 0) is 30.9 Å². The summed E-state index contributed by atoms with van der Waals surface area (Å²) < 4.78 is 0. The lowest BCUT2D eigenvalue weighted by Crippen LogP contribution is -2.46. The second-order valence-electron chi connectivity index (χ2n) is 6.00. The van der Waals surface area contributed by atoms with E-state index in [9.17, 15) is 9.59 Å². The van der Waals surface area contributed by atoms with Crippen molar-refractivity contribution in [3.63, 3.8) is 0 Å². The lowest BCUT2D eigenvalue weighted by atomic mass is 10.0. The van der Waals surface area contributed by atoms with Gasteiger partial charge in [0.2, 0.25) is 5.91 Å². The van der Waals surface area contributed by atoms with Crippen LogP contribution >= 0.6 is 0 Å². The molecule has 0 aliphatic heterocycles. The van der Waals surface area contributed by atoms with Gasteiger partial charge >= 0.3 is 6.03 Å². The standard InChI is InChI=1S/C20H25N3O2/c1-15(13-14-16-9-5-3-6-10-16)22-18(17-11-7-4-8-12-17)19(24)23-20(25)21-2/h3-12,15,18,22H,13-14H2,1-2H3,(H2,21,23,24,25)/t15-,18+/m1/s1. The Bertz CT molecular complexity index is 674. The molecule has 5 heteroatoms. The SMILES string of the molecule is CNC(=O)NC(=O)[C@@H](N[C@H](C)CCc1ccccc1)c1ccccc1. The molecule has 0 unspecified atom stereocenters.